The summed E-state index contributed by atoms with van der Waals surface area (Å²) in [4.78, 5) is 33.1. The zero-order valence-corrected chi connectivity index (χ0v) is 18.5. The molecule has 10 nitrogen and oxygen atoms in total. The van der Waals surface area contributed by atoms with Gasteiger partial charge in [-0.1, -0.05) is 12.1 Å². The van der Waals surface area contributed by atoms with Crippen molar-refractivity contribution in [3.8, 4) is 17.3 Å². The smallest absolute Gasteiger partial charge is 0.295 e. The molecule has 1 aromatic carbocycles. The normalized spacial score (nSPS) is 18.2. The fraction of sp³-hybridized carbons (Fsp3) is 0.381. The van der Waals surface area contributed by atoms with Crippen LogP contribution in [0.25, 0.3) is 11.3 Å². The lowest BCUT2D eigenvalue weighted by molar-refractivity contribution is -0.128. The van der Waals surface area contributed by atoms with Crippen molar-refractivity contribution in [2.24, 2.45) is 13.0 Å². The quantitative estimate of drug-likeness (QED) is 0.627. The molecule has 1 aliphatic rings. The van der Waals surface area contributed by atoms with Crippen LogP contribution in [0.3, 0.4) is 0 Å². The second-order valence-corrected chi connectivity index (χ2v) is 8.57. The van der Waals surface area contributed by atoms with Crippen LogP contribution >= 0.6 is 11.3 Å². The predicted octanol–water partition coefficient (Wildman–Crippen LogP) is 1.76. The maximum atomic E-state index is 12.9. The minimum Gasteiger partial charge on any atom is -0.349 e. The number of carbonyl (C=O) groups excluding carboxylic acids is 2. The van der Waals surface area contributed by atoms with E-state index in [9.17, 15) is 9.59 Å². The standard InChI is InChI=1S/C21H22N8O2S/c1-13-16(4-3-9-29(13)21(31)19-25-27-28(2)26-19)20(30)23-11-18-24-17(12-32-18)15-7-5-14(10-22)6-8-15/h5-8,12-13,16H,3-4,9,11H2,1-2H3,(H,23,30). The number of nitriles is 1. The molecule has 32 heavy (non-hydrogen) atoms. The fourth-order valence-electron chi connectivity index (χ4n) is 3.81. The lowest BCUT2D eigenvalue weighted by Gasteiger charge is -2.37. The summed E-state index contributed by atoms with van der Waals surface area (Å²) in [7, 11) is 1.60. The van der Waals surface area contributed by atoms with Crippen molar-refractivity contribution in [1.82, 2.24) is 35.4 Å². The minimum atomic E-state index is -0.317. The first-order chi connectivity index (χ1) is 15.5. The van der Waals surface area contributed by atoms with Gasteiger partial charge in [-0.3, -0.25) is 9.59 Å². The average Bonchev–Trinajstić information content (AvgIpc) is 3.46. The number of carbonyl (C=O) groups is 2. The SMILES string of the molecule is CC1C(C(=O)NCc2nc(-c3ccc(C#N)cc3)cs2)CCCN1C(=O)c1nnn(C)n1. The van der Waals surface area contributed by atoms with Gasteiger partial charge in [-0.2, -0.15) is 10.1 Å². The van der Waals surface area contributed by atoms with Crippen LogP contribution in [0.1, 0.15) is 41.0 Å². The Kier molecular flexibility index (Phi) is 6.23. The van der Waals surface area contributed by atoms with Gasteiger partial charge in [0.25, 0.3) is 11.7 Å². The number of hydrogen-bond acceptors (Lipinski definition) is 8. The largest absolute Gasteiger partial charge is 0.349 e. The van der Waals surface area contributed by atoms with Gasteiger partial charge >= 0.3 is 0 Å². The molecule has 4 rings (SSSR count). The summed E-state index contributed by atoms with van der Waals surface area (Å²) in [6, 6.07) is 9.05. The molecule has 11 heteroatoms. The molecule has 2 aromatic heterocycles. The molecule has 1 fully saturated rings. The Bertz CT molecular complexity index is 1160. The molecule has 0 radical (unpaired) electrons. The first kappa shape index (κ1) is 21.6. The molecule has 0 aliphatic carbocycles. The Hall–Kier alpha value is -3.65. The maximum absolute atomic E-state index is 12.9. The van der Waals surface area contributed by atoms with E-state index in [-0.39, 0.29) is 29.6 Å². The Labute approximate surface area is 188 Å². The maximum Gasteiger partial charge on any atom is 0.295 e. The molecule has 2 unspecified atom stereocenters. The van der Waals surface area contributed by atoms with Gasteiger partial charge in [-0.15, -0.1) is 21.5 Å². The average molecular weight is 451 g/mol. The van der Waals surface area contributed by atoms with E-state index in [0.29, 0.717) is 25.1 Å². The van der Waals surface area contributed by atoms with Crippen molar-refractivity contribution in [1.29, 1.82) is 5.26 Å². The van der Waals surface area contributed by atoms with E-state index in [0.717, 1.165) is 22.7 Å². The van der Waals surface area contributed by atoms with E-state index in [4.69, 9.17) is 5.26 Å². The van der Waals surface area contributed by atoms with E-state index >= 15 is 0 Å². The summed E-state index contributed by atoms with van der Waals surface area (Å²) in [6.07, 6.45) is 1.44. The van der Waals surface area contributed by atoms with Crippen molar-refractivity contribution in [2.75, 3.05) is 6.54 Å². The lowest BCUT2D eigenvalue weighted by atomic mass is 9.89. The topological polar surface area (TPSA) is 130 Å². The highest BCUT2D eigenvalue weighted by Crippen LogP contribution is 2.26. The fourth-order valence-corrected chi connectivity index (χ4v) is 4.56. The molecule has 0 spiro atoms. The predicted molar refractivity (Wildman–Crippen MR) is 116 cm³/mol. The van der Waals surface area contributed by atoms with Crippen LogP contribution in [0.4, 0.5) is 0 Å². The molecule has 0 bridgehead atoms. The van der Waals surface area contributed by atoms with E-state index in [1.807, 2.05) is 24.4 Å². The van der Waals surface area contributed by atoms with Crippen LogP contribution in [0.5, 0.6) is 0 Å². The molecular weight excluding hydrogens is 428 g/mol. The number of nitrogens with one attached hydrogen (secondary N) is 1. The summed E-state index contributed by atoms with van der Waals surface area (Å²) in [5.74, 6) is -0.687. The van der Waals surface area contributed by atoms with Crippen LogP contribution < -0.4 is 5.32 Å². The van der Waals surface area contributed by atoms with Crippen LogP contribution in [0.2, 0.25) is 0 Å². The highest BCUT2D eigenvalue weighted by Gasteiger charge is 2.37. The second-order valence-electron chi connectivity index (χ2n) is 7.62. The highest BCUT2D eigenvalue weighted by molar-refractivity contribution is 7.09. The highest BCUT2D eigenvalue weighted by atomic mass is 32.1. The van der Waals surface area contributed by atoms with Gasteiger partial charge in [0.2, 0.25) is 5.91 Å². The number of amides is 2. The number of benzene rings is 1. The number of likely N-dealkylation sites (tertiary alicyclic amines) is 1. The first-order valence-corrected chi connectivity index (χ1v) is 11.1. The van der Waals surface area contributed by atoms with Crippen LogP contribution in [-0.4, -0.2) is 54.5 Å². The zero-order valence-electron chi connectivity index (χ0n) is 17.7. The van der Waals surface area contributed by atoms with Gasteiger partial charge in [-0.25, -0.2) is 4.98 Å². The molecule has 2 atom stereocenters. The van der Waals surface area contributed by atoms with Gasteiger partial charge in [-0.05, 0) is 37.1 Å². The van der Waals surface area contributed by atoms with E-state index < -0.39 is 0 Å². The van der Waals surface area contributed by atoms with E-state index in [2.05, 4.69) is 31.8 Å². The number of nitrogens with zero attached hydrogens (tertiary/aromatic N) is 7. The first-order valence-electron chi connectivity index (χ1n) is 10.2. The summed E-state index contributed by atoms with van der Waals surface area (Å²) in [5.41, 5.74) is 2.33. The van der Waals surface area contributed by atoms with Crippen molar-refractivity contribution in [3.63, 3.8) is 0 Å². The van der Waals surface area contributed by atoms with Crippen molar-refractivity contribution in [2.45, 2.75) is 32.4 Å². The number of tetrazole rings is 1. The molecular formula is C21H22N8O2S. The third-order valence-corrected chi connectivity index (χ3v) is 6.41. The lowest BCUT2D eigenvalue weighted by Crippen LogP contribution is -2.51. The molecule has 1 N–H and O–H groups in total. The van der Waals surface area contributed by atoms with Gasteiger partial charge < -0.3 is 10.2 Å². The Morgan fingerprint density at radius 3 is 2.78 bits per heavy atom. The summed E-state index contributed by atoms with van der Waals surface area (Å²) in [5, 5.41) is 26.1. The second kappa shape index (κ2) is 9.23. The number of hydrogen-bond donors (Lipinski definition) is 1. The van der Waals surface area contributed by atoms with Crippen LogP contribution in [0, 0.1) is 17.2 Å². The number of piperidine rings is 1. The van der Waals surface area contributed by atoms with Gasteiger partial charge in [0.1, 0.15) is 5.01 Å². The van der Waals surface area contributed by atoms with Crippen molar-refractivity contribution >= 4 is 23.2 Å². The number of thiazole rings is 1. The summed E-state index contributed by atoms with van der Waals surface area (Å²) < 4.78 is 0. The molecule has 1 saturated heterocycles. The van der Waals surface area contributed by atoms with Crippen molar-refractivity contribution < 1.29 is 9.59 Å². The zero-order chi connectivity index (χ0) is 22.7. The molecule has 3 aromatic rings. The molecule has 164 valence electrons. The Balaban J connectivity index is 1.37. The molecule has 2 amide bonds. The van der Waals surface area contributed by atoms with Gasteiger partial charge in [0.15, 0.2) is 0 Å². The monoisotopic (exact) mass is 450 g/mol. The molecule has 3 heterocycles. The number of aryl methyl sites for hydroxylation is 1. The van der Waals surface area contributed by atoms with Crippen LogP contribution in [0.15, 0.2) is 29.6 Å². The Morgan fingerprint density at radius 2 is 2.09 bits per heavy atom. The van der Waals surface area contributed by atoms with Gasteiger partial charge in [0, 0.05) is 23.5 Å². The third-order valence-electron chi connectivity index (χ3n) is 5.56. The summed E-state index contributed by atoms with van der Waals surface area (Å²) in [6.45, 7) is 2.76. The van der Waals surface area contributed by atoms with Crippen molar-refractivity contribution in [3.05, 3.63) is 46.0 Å². The molecule has 0 saturated carbocycles. The van der Waals surface area contributed by atoms with E-state index in [1.54, 1.807) is 24.1 Å². The molecule has 1 aliphatic heterocycles. The number of rotatable bonds is 5. The third kappa shape index (κ3) is 4.50. The minimum absolute atomic E-state index is 0.0403. The van der Waals surface area contributed by atoms with Crippen LogP contribution in [-0.2, 0) is 18.4 Å². The van der Waals surface area contributed by atoms with Gasteiger partial charge in [0.05, 0.1) is 36.8 Å². The summed E-state index contributed by atoms with van der Waals surface area (Å²) >= 11 is 1.47. The number of aromatic nitrogens is 5. The van der Waals surface area contributed by atoms with E-state index in [1.165, 1.54) is 16.1 Å². The Morgan fingerprint density at radius 1 is 1.31 bits per heavy atom.